The molecule has 0 bridgehead atoms. The van der Waals surface area contributed by atoms with Crippen LogP contribution in [0.3, 0.4) is 0 Å². The summed E-state index contributed by atoms with van der Waals surface area (Å²) >= 11 is 0. The van der Waals surface area contributed by atoms with Gasteiger partial charge in [-0.2, -0.15) is 0 Å². The van der Waals surface area contributed by atoms with E-state index in [1.54, 1.807) is 0 Å². The number of rotatable bonds is 4. The van der Waals surface area contributed by atoms with E-state index in [1.165, 1.54) is 16.8 Å². The first kappa shape index (κ1) is 17.1. The Morgan fingerprint density at radius 1 is 0.923 bits per heavy atom. The number of fused-ring (bicyclic) bond motifs is 1. The molecule has 0 aromatic heterocycles. The molecule has 1 saturated heterocycles. The summed E-state index contributed by atoms with van der Waals surface area (Å²) in [5.41, 5.74) is 3.94. The summed E-state index contributed by atoms with van der Waals surface area (Å²) in [6.07, 6.45) is 1.04. The van der Waals surface area contributed by atoms with Crippen molar-refractivity contribution in [2.24, 2.45) is 0 Å². The molecule has 0 spiro atoms. The Bertz CT molecular complexity index is 753. The number of amides is 1. The fourth-order valence-corrected chi connectivity index (χ4v) is 4.13. The SMILES string of the molecule is C[C@H](C(=O)N1CCN(Cc2ccccc2)CC1)N1CCc2ccccc21. The number of piperazine rings is 1. The summed E-state index contributed by atoms with van der Waals surface area (Å²) in [5, 5.41) is 0. The molecule has 4 heteroatoms. The topological polar surface area (TPSA) is 26.8 Å². The molecule has 2 aliphatic rings. The zero-order valence-electron chi connectivity index (χ0n) is 15.5. The van der Waals surface area contributed by atoms with Crippen molar-refractivity contribution >= 4 is 11.6 Å². The molecule has 0 unspecified atom stereocenters. The second kappa shape index (κ2) is 7.50. The van der Waals surface area contributed by atoms with E-state index in [0.717, 1.165) is 45.7 Å². The van der Waals surface area contributed by atoms with Crippen molar-refractivity contribution in [2.75, 3.05) is 37.6 Å². The molecule has 2 aromatic rings. The maximum Gasteiger partial charge on any atom is 0.245 e. The van der Waals surface area contributed by atoms with Crippen LogP contribution >= 0.6 is 0 Å². The zero-order chi connectivity index (χ0) is 17.9. The number of hydrogen-bond acceptors (Lipinski definition) is 3. The van der Waals surface area contributed by atoms with Crippen LogP contribution in [0.15, 0.2) is 54.6 Å². The predicted octanol–water partition coefficient (Wildman–Crippen LogP) is 2.78. The molecule has 2 aromatic carbocycles. The van der Waals surface area contributed by atoms with E-state index in [2.05, 4.69) is 71.3 Å². The molecule has 26 heavy (non-hydrogen) atoms. The van der Waals surface area contributed by atoms with Gasteiger partial charge in [0.2, 0.25) is 5.91 Å². The highest BCUT2D eigenvalue weighted by Gasteiger charge is 2.31. The fraction of sp³-hybridized carbons (Fsp3) is 0.409. The maximum atomic E-state index is 13.0. The monoisotopic (exact) mass is 349 g/mol. The molecule has 0 saturated carbocycles. The lowest BCUT2D eigenvalue weighted by atomic mass is 10.1. The van der Waals surface area contributed by atoms with Gasteiger partial charge in [-0.05, 0) is 30.5 Å². The van der Waals surface area contributed by atoms with Crippen LogP contribution in [0, 0.1) is 0 Å². The van der Waals surface area contributed by atoms with Crippen LogP contribution in [-0.4, -0.2) is 54.5 Å². The molecule has 0 N–H and O–H groups in total. The van der Waals surface area contributed by atoms with E-state index in [0.29, 0.717) is 0 Å². The summed E-state index contributed by atoms with van der Waals surface area (Å²) in [6.45, 7) is 7.52. The van der Waals surface area contributed by atoms with Gasteiger partial charge >= 0.3 is 0 Å². The predicted molar refractivity (Wildman–Crippen MR) is 105 cm³/mol. The smallest absolute Gasteiger partial charge is 0.245 e. The number of nitrogens with zero attached hydrogens (tertiary/aromatic N) is 3. The largest absolute Gasteiger partial charge is 0.359 e. The third-order valence-electron chi connectivity index (χ3n) is 5.68. The first-order valence-electron chi connectivity index (χ1n) is 9.62. The first-order chi connectivity index (χ1) is 12.7. The zero-order valence-corrected chi connectivity index (χ0v) is 15.5. The van der Waals surface area contributed by atoms with E-state index in [4.69, 9.17) is 0 Å². The molecule has 1 amide bonds. The Kier molecular flexibility index (Phi) is 4.93. The van der Waals surface area contributed by atoms with Gasteiger partial charge < -0.3 is 9.80 Å². The minimum atomic E-state index is -0.0840. The molecule has 4 rings (SSSR count). The van der Waals surface area contributed by atoms with E-state index in [9.17, 15) is 4.79 Å². The van der Waals surface area contributed by atoms with Crippen LogP contribution in [0.4, 0.5) is 5.69 Å². The van der Waals surface area contributed by atoms with Crippen molar-refractivity contribution in [1.29, 1.82) is 0 Å². The van der Waals surface area contributed by atoms with Gasteiger partial charge in [0, 0.05) is 45.0 Å². The summed E-state index contributed by atoms with van der Waals surface area (Å²) in [5.74, 6) is 0.265. The van der Waals surface area contributed by atoms with Crippen LogP contribution in [0.1, 0.15) is 18.1 Å². The van der Waals surface area contributed by atoms with Crippen LogP contribution in [0.5, 0.6) is 0 Å². The van der Waals surface area contributed by atoms with Crippen LogP contribution in [0.2, 0.25) is 0 Å². The molecule has 0 aliphatic carbocycles. The fourth-order valence-electron chi connectivity index (χ4n) is 4.13. The molecule has 136 valence electrons. The van der Waals surface area contributed by atoms with Crippen LogP contribution in [0.25, 0.3) is 0 Å². The van der Waals surface area contributed by atoms with Crippen molar-refractivity contribution in [3.05, 3.63) is 65.7 Å². The number of carbonyl (C=O) groups is 1. The lowest BCUT2D eigenvalue weighted by Crippen LogP contribution is -2.53. The summed E-state index contributed by atoms with van der Waals surface area (Å²) < 4.78 is 0. The maximum absolute atomic E-state index is 13.0. The average Bonchev–Trinajstić information content (AvgIpc) is 3.12. The van der Waals surface area contributed by atoms with Crippen molar-refractivity contribution in [2.45, 2.75) is 25.9 Å². The van der Waals surface area contributed by atoms with Crippen LogP contribution in [-0.2, 0) is 17.8 Å². The van der Waals surface area contributed by atoms with E-state index in [1.807, 2.05) is 4.90 Å². The highest BCUT2D eigenvalue weighted by molar-refractivity contribution is 5.86. The Labute approximate surface area is 156 Å². The second-order valence-corrected chi connectivity index (χ2v) is 7.34. The average molecular weight is 349 g/mol. The van der Waals surface area contributed by atoms with Gasteiger partial charge in [0.15, 0.2) is 0 Å². The van der Waals surface area contributed by atoms with Gasteiger partial charge in [-0.1, -0.05) is 48.5 Å². The van der Waals surface area contributed by atoms with Gasteiger partial charge in [0.1, 0.15) is 6.04 Å². The number of hydrogen-bond donors (Lipinski definition) is 0. The molecular weight excluding hydrogens is 322 g/mol. The number of benzene rings is 2. The van der Waals surface area contributed by atoms with Crippen molar-refractivity contribution in [3.63, 3.8) is 0 Å². The van der Waals surface area contributed by atoms with E-state index >= 15 is 0 Å². The third kappa shape index (κ3) is 3.47. The summed E-state index contributed by atoms with van der Waals surface area (Å²) in [6, 6.07) is 19.0. The lowest BCUT2D eigenvalue weighted by Gasteiger charge is -2.38. The lowest BCUT2D eigenvalue weighted by molar-refractivity contribution is -0.134. The normalized spacial score (nSPS) is 18.7. The van der Waals surface area contributed by atoms with Crippen molar-refractivity contribution in [1.82, 2.24) is 9.80 Å². The van der Waals surface area contributed by atoms with Gasteiger partial charge in [-0.15, -0.1) is 0 Å². The molecule has 2 aliphatic heterocycles. The number of anilines is 1. The van der Waals surface area contributed by atoms with Crippen molar-refractivity contribution < 1.29 is 4.79 Å². The summed E-state index contributed by atoms with van der Waals surface area (Å²) in [7, 11) is 0. The first-order valence-corrected chi connectivity index (χ1v) is 9.62. The highest BCUT2D eigenvalue weighted by atomic mass is 16.2. The van der Waals surface area contributed by atoms with Gasteiger partial charge in [0.05, 0.1) is 0 Å². The van der Waals surface area contributed by atoms with E-state index in [-0.39, 0.29) is 11.9 Å². The molecule has 2 heterocycles. The Hall–Kier alpha value is -2.33. The molecule has 1 atom stereocenters. The van der Waals surface area contributed by atoms with Crippen molar-refractivity contribution in [3.8, 4) is 0 Å². The standard InChI is InChI=1S/C22H27N3O/c1-18(25-12-11-20-9-5-6-10-21(20)25)22(26)24-15-13-23(14-16-24)17-19-7-3-2-4-8-19/h2-10,18H,11-17H2,1H3/t18-/m1/s1. The minimum Gasteiger partial charge on any atom is -0.359 e. The molecular formula is C22H27N3O. The third-order valence-corrected chi connectivity index (χ3v) is 5.68. The second-order valence-electron chi connectivity index (χ2n) is 7.34. The number of carbonyl (C=O) groups excluding carboxylic acids is 1. The summed E-state index contributed by atoms with van der Waals surface area (Å²) in [4.78, 5) is 19.8. The Morgan fingerprint density at radius 2 is 1.62 bits per heavy atom. The quantitative estimate of drug-likeness (QED) is 0.849. The van der Waals surface area contributed by atoms with Gasteiger partial charge in [-0.25, -0.2) is 0 Å². The molecule has 0 radical (unpaired) electrons. The molecule has 4 nitrogen and oxygen atoms in total. The van der Waals surface area contributed by atoms with Gasteiger partial charge in [0.25, 0.3) is 0 Å². The number of para-hydroxylation sites is 1. The minimum absolute atomic E-state index is 0.0840. The Morgan fingerprint density at radius 3 is 2.38 bits per heavy atom. The highest BCUT2D eigenvalue weighted by Crippen LogP contribution is 2.29. The Balaban J connectivity index is 1.34. The van der Waals surface area contributed by atoms with Crippen LogP contribution < -0.4 is 4.90 Å². The molecule has 1 fully saturated rings. The van der Waals surface area contributed by atoms with Gasteiger partial charge in [-0.3, -0.25) is 9.69 Å². The van der Waals surface area contributed by atoms with E-state index < -0.39 is 0 Å².